The lowest BCUT2D eigenvalue weighted by molar-refractivity contribution is -0.402. The van der Waals surface area contributed by atoms with Crippen LogP contribution in [-0.4, -0.2) is 64.8 Å². The second kappa shape index (κ2) is 11.4. The van der Waals surface area contributed by atoms with Crippen molar-refractivity contribution in [1.29, 1.82) is 0 Å². The average molecular weight is 432 g/mol. The van der Waals surface area contributed by atoms with E-state index in [9.17, 15) is 14.9 Å². The van der Waals surface area contributed by atoms with E-state index < -0.39 is 4.92 Å². The molecule has 10 nitrogen and oxygen atoms in total. The van der Waals surface area contributed by atoms with Crippen LogP contribution in [0.3, 0.4) is 0 Å². The van der Waals surface area contributed by atoms with Gasteiger partial charge in [-0.05, 0) is 31.9 Å². The van der Waals surface area contributed by atoms with Gasteiger partial charge in [-0.1, -0.05) is 0 Å². The van der Waals surface area contributed by atoms with Crippen LogP contribution in [0.4, 0.5) is 5.88 Å². The van der Waals surface area contributed by atoms with Crippen LogP contribution in [0.5, 0.6) is 0 Å². The summed E-state index contributed by atoms with van der Waals surface area (Å²) in [6, 6.07) is 2.73. The maximum atomic E-state index is 12.4. The summed E-state index contributed by atoms with van der Waals surface area (Å²) in [6.07, 6.45) is 8.27. The standard InChI is InChI=1S/C21H28N4O6/c1-2-29-15-16-30-14-13-24-12-9-22-21(24)17-7-10-23(11-8-17)19(26)5-3-18-4-6-20(31-18)25(27)28/h3-6,9,12,17H,2,7-8,10-11,13-16H2,1H3. The number of nitrogens with zero attached hydrogens (tertiary/aromatic N) is 4. The molecule has 0 atom stereocenters. The third-order valence-electron chi connectivity index (χ3n) is 5.15. The van der Waals surface area contributed by atoms with E-state index in [-0.39, 0.29) is 17.6 Å². The van der Waals surface area contributed by atoms with Crippen molar-refractivity contribution in [3.05, 3.63) is 52.3 Å². The number of hydrogen-bond acceptors (Lipinski definition) is 7. The fourth-order valence-electron chi connectivity index (χ4n) is 3.54. The van der Waals surface area contributed by atoms with Crippen LogP contribution < -0.4 is 0 Å². The molecule has 0 aliphatic carbocycles. The smallest absolute Gasteiger partial charge is 0.401 e. The van der Waals surface area contributed by atoms with Crippen molar-refractivity contribution in [2.24, 2.45) is 0 Å². The minimum Gasteiger partial charge on any atom is -0.401 e. The molecule has 0 bridgehead atoms. The molecule has 1 aliphatic heterocycles. The number of piperidine rings is 1. The van der Waals surface area contributed by atoms with Crippen LogP contribution in [-0.2, 0) is 20.8 Å². The molecule has 0 spiro atoms. The molecular weight excluding hydrogens is 404 g/mol. The van der Waals surface area contributed by atoms with Gasteiger partial charge >= 0.3 is 5.88 Å². The van der Waals surface area contributed by atoms with E-state index in [0.29, 0.717) is 45.4 Å². The van der Waals surface area contributed by atoms with Gasteiger partial charge in [-0.15, -0.1) is 0 Å². The van der Waals surface area contributed by atoms with Gasteiger partial charge in [-0.2, -0.15) is 0 Å². The highest BCUT2D eigenvalue weighted by Gasteiger charge is 2.25. The largest absolute Gasteiger partial charge is 0.433 e. The first-order valence-electron chi connectivity index (χ1n) is 10.5. The number of imidazole rings is 1. The molecule has 1 aliphatic rings. The van der Waals surface area contributed by atoms with E-state index in [1.165, 1.54) is 24.3 Å². The molecule has 2 aromatic rings. The number of nitro groups is 1. The molecule has 31 heavy (non-hydrogen) atoms. The molecule has 168 valence electrons. The van der Waals surface area contributed by atoms with Gasteiger partial charge in [-0.3, -0.25) is 14.9 Å². The Labute approximate surface area is 180 Å². The quantitative estimate of drug-likeness (QED) is 0.232. The molecule has 0 N–H and O–H groups in total. The highest BCUT2D eigenvalue weighted by atomic mass is 16.6. The fourth-order valence-corrected chi connectivity index (χ4v) is 3.54. The number of carbonyl (C=O) groups excluding carboxylic acids is 1. The highest BCUT2D eigenvalue weighted by Crippen LogP contribution is 2.27. The minimum absolute atomic E-state index is 0.136. The van der Waals surface area contributed by atoms with E-state index in [4.69, 9.17) is 13.9 Å². The molecule has 0 aromatic carbocycles. The second-order valence-electron chi connectivity index (χ2n) is 7.15. The van der Waals surface area contributed by atoms with Crippen molar-refractivity contribution in [1.82, 2.24) is 14.5 Å². The summed E-state index contributed by atoms with van der Waals surface area (Å²) in [5, 5.41) is 10.7. The van der Waals surface area contributed by atoms with Crippen molar-refractivity contribution >= 4 is 17.9 Å². The number of aromatic nitrogens is 2. The normalized spacial score (nSPS) is 15.1. The van der Waals surface area contributed by atoms with E-state index in [0.717, 1.165) is 25.2 Å². The highest BCUT2D eigenvalue weighted by molar-refractivity contribution is 5.91. The summed E-state index contributed by atoms with van der Waals surface area (Å²) in [7, 11) is 0. The lowest BCUT2D eigenvalue weighted by Crippen LogP contribution is -2.37. The van der Waals surface area contributed by atoms with E-state index in [1.54, 1.807) is 11.1 Å². The number of furan rings is 1. The summed E-state index contributed by atoms with van der Waals surface area (Å²) >= 11 is 0. The third-order valence-corrected chi connectivity index (χ3v) is 5.15. The zero-order valence-corrected chi connectivity index (χ0v) is 17.6. The van der Waals surface area contributed by atoms with Crippen molar-refractivity contribution in [2.45, 2.75) is 32.2 Å². The summed E-state index contributed by atoms with van der Waals surface area (Å²) < 4.78 is 18.0. The van der Waals surface area contributed by atoms with Gasteiger partial charge in [0.2, 0.25) is 5.91 Å². The average Bonchev–Trinajstić information content (AvgIpc) is 3.44. The zero-order valence-electron chi connectivity index (χ0n) is 17.6. The third kappa shape index (κ3) is 6.50. The molecular formula is C21H28N4O6. The molecule has 1 amide bonds. The molecule has 1 fully saturated rings. The van der Waals surface area contributed by atoms with Crippen LogP contribution in [0.15, 0.2) is 35.0 Å². The van der Waals surface area contributed by atoms with Gasteiger partial charge in [-0.25, -0.2) is 4.98 Å². The first kappa shape index (κ1) is 22.7. The van der Waals surface area contributed by atoms with E-state index in [1.807, 2.05) is 13.1 Å². The second-order valence-corrected chi connectivity index (χ2v) is 7.15. The Hall–Kier alpha value is -2.98. The first-order valence-corrected chi connectivity index (χ1v) is 10.5. The number of likely N-dealkylation sites (tertiary alicyclic amines) is 1. The van der Waals surface area contributed by atoms with Gasteiger partial charge in [0.25, 0.3) is 0 Å². The maximum Gasteiger partial charge on any atom is 0.433 e. The molecule has 0 radical (unpaired) electrons. The molecule has 0 saturated carbocycles. The van der Waals surface area contributed by atoms with Crippen LogP contribution >= 0.6 is 0 Å². The molecule has 10 heteroatoms. The Balaban J connectivity index is 1.45. The minimum atomic E-state index is -0.610. The topological polar surface area (TPSA) is 113 Å². The SMILES string of the molecule is CCOCCOCCn1ccnc1C1CCN(C(=O)C=Cc2ccc([N+](=O)[O-])o2)CC1. The van der Waals surface area contributed by atoms with E-state index in [2.05, 4.69) is 9.55 Å². The number of rotatable bonds is 11. The van der Waals surface area contributed by atoms with Crippen LogP contribution in [0.2, 0.25) is 0 Å². The van der Waals surface area contributed by atoms with Crippen molar-refractivity contribution in [3.8, 4) is 0 Å². The van der Waals surface area contributed by atoms with Crippen molar-refractivity contribution in [2.75, 3.05) is 39.5 Å². The molecule has 2 aromatic heterocycles. The van der Waals surface area contributed by atoms with Gasteiger partial charge < -0.3 is 23.4 Å². The summed E-state index contributed by atoms with van der Waals surface area (Å²) in [6.45, 7) is 6.43. The summed E-state index contributed by atoms with van der Waals surface area (Å²) in [4.78, 5) is 28.8. The first-order chi connectivity index (χ1) is 15.1. The van der Waals surface area contributed by atoms with Crippen LogP contribution in [0.1, 0.15) is 37.3 Å². The Morgan fingerprint density at radius 1 is 1.29 bits per heavy atom. The predicted octanol–water partition coefficient (Wildman–Crippen LogP) is 2.86. The van der Waals surface area contributed by atoms with Gasteiger partial charge in [0.1, 0.15) is 16.5 Å². The number of hydrogen-bond donors (Lipinski definition) is 0. The summed E-state index contributed by atoms with van der Waals surface area (Å²) in [5.41, 5.74) is 0. The van der Waals surface area contributed by atoms with Crippen molar-refractivity contribution in [3.63, 3.8) is 0 Å². The molecule has 1 saturated heterocycles. The molecule has 3 rings (SSSR count). The lowest BCUT2D eigenvalue weighted by Gasteiger charge is -2.31. The zero-order chi connectivity index (χ0) is 22.1. The molecule has 0 unspecified atom stereocenters. The van der Waals surface area contributed by atoms with Gasteiger partial charge in [0, 0.05) is 50.6 Å². The van der Waals surface area contributed by atoms with E-state index >= 15 is 0 Å². The lowest BCUT2D eigenvalue weighted by atomic mass is 9.96. The maximum absolute atomic E-state index is 12.4. The number of ether oxygens (including phenoxy) is 2. The van der Waals surface area contributed by atoms with Crippen molar-refractivity contribution < 1.29 is 23.6 Å². The Kier molecular flexibility index (Phi) is 8.36. The van der Waals surface area contributed by atoms with Crippen LogP contribution in [0, 0.1) is 10.1 Å². The molecule has 3 heterocycles. The number of carbonyl (C=O) groups is 1. The Bertz CT molecular complexity index is 882. The van der Waals surface area contributed by atoms with Crippen LogP contribution in [0.25, 0.3) is 6.08 Å². The summed E-state index contributed by atoms with van der Waals surface area (Å²) in [5.74, 6) is 1.12. The monoisotopic (exact) mass is 432 g/mol. The van der Waals surface area contributed by atoms with Gasteiger partial charge in [0.05, 0.1) is 25.9 Å². The van der Waals surface area contributed by atoms with Gasteiger partial charge in [0.15, 0.2) is 0 Å². The number of amides is 1. The Morgan fingerprint density at radius 3 is 2.77 bits per heavy atom. The fraction of sp³-hybridized carbons (Fsp3) is 0.524. The Morgan fingerprint density at radius 2 is 2.06 bits per heavy atom. The predicted molar refractivity (Wildman–Crippen MR) is 112 cm³/mol.